The molecule has 0 spiro atoms. The third kappa shape index (κ3) is 6.46. The van der Waals surface area contributed by atoms with E-state index in [1.807, 2.05) is 6.07 Å². The Bertz CT molecular complexity index is 340. The highest BCUT2D eigenvalue weighted by molar-refractivity contribution is 5.85. The summed E-state index contributed by atoms with van der Waals surface area (Å²) in [6, 6.07) is 4.75. The van der Waals surface area contributed by atoms with Crippen molar-refractivity contribution in [2.45, 2.75) is 57.5 Å². The molecule has 0 aromatic carbocycles. The van der Waals surface area contributed by atoms with Crippen molar-refractivity contribution in [1.82, 2.24) is 10.3 Å². The average molecular weight is 307 g/mol. The molecule has 110 valence electrons. The molecule has 2 rings (SSSR count). The molecule has 1 saturated carbocycles. The number of pyridine rings is 1. The topological polar surface area (TPSA) is 45.2 Å². The molecule has 0 amide bonds. The number of nitrogens with one attached hydrogen (secondary N) is 1. The maximum atomic E-state index is 9.17. The van der Waals surface area contributed by atoms with E-state index in [1.165, 1.54) is 38.3 Å². The van der Waals surface area contributed by atoms with Gasteiger partial charge in [-0.25, -0.2) is 0 Å². The van der Waals surface area contributed by atoms with Gasteiger partial charge in [0, 0.05) is 24.2 Å². The van der Waals surface area contributed by atoms with Crippen molar-refractivity contribution in [2.75, 3.05) is 0 Å². The van der Waals surface area contributed by atoms with Gasteiger partial charge < -0.3 is 10.4 Å². The van der Waals surface area contributed by atoms with Crippen LogP contribution < -0.4 is 5.32 Å². The minimum absolute atomic E-state index is 0. The minimum Gasteiger partial charge on any atom is -0.506 e. The van der Waals surface area contributed by atoms with Gasteiger partial charge in [0.1, 0.15) is 5.75 Å². The molecule has 2 N–H and O–H groups in total. The van der Waals surface area contributed by atoms with Crippen LogP contribution in [0.1, 0.15) is 44.7 Å². The Morgan fingerprint density at radius 3 is 2.53 bits per heavy atom. The molecule has 3 nitrogen and oxygen atoms in total. The van der Waals surface area contributed by atoms with Gasteiger partial charge in [0.25, 0.3) is 0 Å². The second-order valence-electron chi connectivity index (χ2n) is 5.11. The van der Waals surface area contributed by atoms with Crippen molar-refractivity contribution in [1.29, 1.82) is 0 Å². The molecule has 0 radical (unpaired) electrons. The molecular formula is C14H24Cl2N2O. The van der Waals surface area contributed by atoms with Gasteiger partial charge >= 0.3 is 0 Å². The highest BCUT2D eigenvalue weighted by Crippen LogP contribution is 2.18. The van der Waals surface area contributed by atoms with Crippen LogP contribution in [-0.2, 0) is 6.42 Å². The summed E-state index contributed by atoms with van der Waals surface area (Å²) in [4.78, 5) is 4.22. The maximum absolute atomic E-state index is 9.17. The van der Waals surface area contributed by atoms with E-state index in [9.17, 15) is 5.11 Å². The van der Waals surface area contributed by atoms with E-state index in [0.29, 0.717) is 12.1 Å². The van der Waals surface area contributed by atoms with E-state index in [4.69, 9.17) is 0 Å². The molecule has 1 fully saturated rings. The first-order valence-electron chi connectivity index (χ1n) is 6.64. The molecular weight excluding hydrogens is 283 g/mol. The van der Waals surface area contributed by atoms with Crippen molar-refractivity contribution in [2.24, 2.45) is 0 Å². The number of halogens is 2. The zero-order valence-electron chi connectivity index (χ0n) is 11.3. The molecule has 0 aliphatic heterocycles. The Kier molecular flexibility index (Phi) is 9.15. The summed E-state index contributed by atoms with van der Waals surface area (Å²) < 4.78 is 0. The van der Waals surface area contributed by atoms with Crippen LogP contribution in [0.3, 0.4) is 0 Å². The van der Waals surface area contributed by atoms with Gasteiger partial charge in [0.2, 0.25) is 0 Å². The van der Waals surface area contributed by atoms with Crippen molar-refractivity contribution < 1.29 is 5.11 Å². The molecule has 1 heterocycles. The second-order valence-corrected chi connectivity index (χ2v) is 5.11. The zero-order chi connectivity index (χ0) is 12.1. The molecule has 1 aliphatic carbocycles. The number of aromatic hydroxyl groups is 1. The summed E-state index contributed by atoms with van der Waals surface area (Å²) in [6.45, 7) is 2.21. The van der Waals surface area contributed by atoms with Gasteiger partial charge in [-0.05, 0) is 31.9 Å². The van der Waals surface area contributed by atoms with Crippen molar-refractivity contribution in [3.63, 3.8) is 0 Å². The SMILES string of the molecule is CC(Cc1ccc(O)cn1)NC1CCCCC1.Cl.Cl. The predicted octanol–water partition coefficient (Wildman–Crippen LogP) is 3.48. The Morgan fingerprint density at radius 2 is 1.95 bits per heavy atom. The highest BCUT2D eigenvalue weighted by atomic mass is 35.5. The quantitative estimate of drug-likeness (QED) is 0.895. The minimum atomic E-state index is 0. The summed E-state index contributed by atoms with van der Waals surface area (Å²) in [6.07, 6.45) is 9.19. The Labute approximate surface area is 128 Å². The smallest absolute Gasteiger partial charge is 0.133 e. The van der Waals surface area contributed by atoms with E-state index >= 15 is 0 Å². The van der Waals surface area contributed by atoms with Gasteiger partial charge in [-0.15, -0.1) is 24.8 Å². The van der Waals surface area contributed by atoms with Crippen LogP contribution >= 0.6 is 24.8 Å². The van der Waals surface area contributed by atoms with Crippen LogP contribution in [0.15, 0.2) is 18.3 Å². The zero-order valence-corrected chi connectivity index (χ0v) is 13.0. The van der Waals surface area contributed by atoms with Crippen molar-refractivity contribution in [3.8, 4) is 5.75 Å². The molecule has 0 bridgehead atoms. The fourth-order valence-electron chi connectivity index (χ4n) is 2.58. The first-order chi connectivity index (χ1) is 8.24. The van der Waals surface area contributed by atoms with E-state index in [-0.39, 0.29) is 30.6 Å². The summed E-state index contributed by atoms with van der Waals surface area (Å²) in [5.41, 5.74) is 1.04. The fourth-order valence-corrected chi connectivity index (χ4v) is 2.58. The number of nitrogens with zero attached hydrogens (tertiary/aromatic N) is 1. The van der Waals surface area contributed by atoms with Crippen LogP contribution in [-0.4, -0.2) is 22.2 Å². The molecule has 0 saturated heterocycles. The molecule has 5 heteroatoms. The molecule has 19 heavy (non-hydrogen) atoms. The second kappa shape index (κ2) is 9.40. The number of hydrogen-bond acceptors (Lipinski definition) is 3. The van der Waals surface area contributed by atoms with Crippen LogP contribution in [0.25, 0.3) is 0 Å². The summed E-state index contributed by atoms with van der Waals surface area (Å²) in [5, 5.41) is 12.9. The van der Waals surface area contributed by atoms with Crippen LogP contribution in [0, 0.1) is 0 Å². The van der Waals surface area contributed by atoms with Crippen molar-refractivity contribution in [3.05, 3.63) is 24.0 Å². The molecule has 1 aromatic rings. The molecule has 1 aromatic heterocycles. The van der Waals surface area contributed by atoms with Gasteiger partial charge in [0.05, 0.1) is 6.20 Å². The van der Waals surface area contributed by atoms with E-state index in [2.05, 4.69) is 17.2 Å². The lowest BCUT2D eigenvalue weighted by Gasteiger charge is -2.26. The lowest BCUT2D eigenvalue weighted by Crippen LogP contribution is -2.39. The third-order valence-electron chi connectivity index (χ3n) is 3.45. The largest absolute Gasteiger partial charge is 0.506 e. The molecule has 1 atom stereocenters. The third-order valence-corrected chi connectivity index (χ3v) is 3.45. The van der Waals surface area contributed by atoms with Crippen LogP contribution in [0.2, 0.25) is 0 Å². The number of hydrogen-bond donors (Lipinski definition) is 2. The lowest BCUT2D eigenvalue weighted by molar-refractivity contribution is 0.342. The van der Waals surface area contributed by atoms with E-state index < -0.39 is 0 Å². The number of aromatic nitrogens is 1. The summed E-state index contributed by atoms with van der Waals surface area (Å²) in [5.74, 6) is 0.238. The van der Waals surface area contributed by atoms with Gasteiger partial charge in [0.15, 0.2) is 0 Å². The standard InChI is InChI=1S/C14H22N2O.2ClH/c1-11(16-12-5-3-2-4-6-12)9-13-7-8-14(17)10-15-13;;/h7-8,10-12,16-17H,2-6,9H2,1H3;2*1H. The first-order valence-corrected chi connectivity index (χ1v) is 6.64. The van der Waals surface area contributed by atoms with Gasteiger partial charge in [-0.2, -0.15) is 0 Å². The van der Waals surface area contributed by atoms with E-state index in [1.54, 1.807) is 6.07 Å². The monoisotopic (exact) mass is 306 g/mol. The predicted molar refractivity (Wildman–Crippen MR) is 83.6 cm³/mol. The molecule has 1 unspecified atom stereocenters. The van der Waals surface area contributed by atoms with Crippen LogP contribution in [0.4, 0.5) is 0 Å². The summed E-state index contributed by atoms with van der Waals surface area (Å²) >= 11 is 0. The Hall–Kier alpha value is -0.510. The lowest BCUT2D eigenvalue weighted by atomic mass is 9.94. The molecule has 1 aliphatic rings. The van der Waals surface area contributed by atoms with Gasteiger partial charge in [-0.1, -0.05) is 19.3 Å². The number of rotatable bonds is 4. The van der Waals surface area contributed by atoms with Crippen LogP contribution in [0.5, 0.6) is 5.75 Å². The highest BCUT2D eigenvalue weighted by Gasteiger charge is 2.15. The van der Waals surface area contributed by atoms with E-state index in [0.717, 1.165) is 12.1 Å². The first kappa shape index (κ1) is 18.5. The maximum Gasteiger partial charge on any atom is 0.133 e. The Morgan fingerprint density at radius 1 is 1.26 bits per heavy atom. The van der Waals surface area contributed by atoms with Crippen molar-refractivity contribution >= 4 is 24.8 Å². The van der Waals surface area contributed by atoms with Gasteiger partial charge in [-0.3, -0.25) is 4.98 Å². The fraction of sp³-hybridized carbons (Fsp3) is 0.643. The normalized spacial score (nSPS) is 17.1. The summed E-state index contributed by atoms with van der Waals surface area (Å²) in [7, 11) is 0. The average Bonchev–Trinajstić information content (AvgIpc) is 2.33. The Balaban J connectivity index is 0.00000162.